The molecule has 3 heterocycles. The van der Waals surface area contributed by atoms with E-state index in [2.05, 4.69) is 131 Å². The molecule has 2 radical (unpaired) electrons. The monoisotopic (exact) mass is 1110 g/mol. The normalized spacial score (nSPS) is 10.6. The second kappa shape index (κ2) is 20.6. The van der Waals surface area contributed by atoms with E-state index in [9.17, 15) is 0 Å². The van der Waals surface area contributed by atoms with Gasteiger partial charge in [0, 0.05) is 52.6 Å². The van der Waals surface area contributed by atoms with Gasteiger partial charge in [0.2, 0.25) is 0 Å². The molecular formula is C45H44GeIr2N3Si-3. The van der Waals surface area contributed by atoms with E-state index in [1.165, 1.54) is 20.7 Å². The first kappa shape index (κ1) is 42.8. The van der Waals surface area contributed by atoms with E-state index < -0.39 is 21.3 Å². The third-order valence-corrected chi connectivity index (χ3v) is 14.4. The molecule has 3 aromatic heterocycles. The van der Waals surface area contributed by atoms with Gasteiger partial charge in [-0.05, 0) is 28.2 Å². The third-order valence-electron chi connectivity index (χ3n) is 8.08. The number of benzene rings is 4. The van der Waals surface area contributed by atoms with Gasteiger partial charge >= 0.3 is 99.8 Å². The summed E-state index contributed by atoms with van der Waals surface area (Å²) in [5.41, 5.74) is 8.54. The summed E-state index contributed by atoms with van der Waals surface area (Å²) in [6, 6.07) is 56.6. The van der Waals surface area contributed by atoms with E-state index in [-0.39, 0.29) is 40.2 Å². The molecule has 52 heavy (non-hydrogen) atoms. The van der Waals surface area contributed by atoms with Gasteiger partial charge in [0.25, 0.3) is 0 Å². The number of aromatic nitrogens is 3. The fourth-order valence-electron chi connectivity index (χ4n) is 5.05. The van der Waals surface area contributed by atoms with E-state index in [1.807, 2.05) is 91.3 Å². The zero-order chi connectivity index (χ0) is 35.4. The second-order valence-electron chi connectivity index (χ2n) is 14.0. The molecule has 0 bridgehead atoms. The molecule has 0 saturated heterocycles. The molecule has 0 atom stereocenters. The Labute approximate surface area is 341 Å². The van der Waals surface area contributed by atoms with Crippen LogP contribution in [-0.4, -0.2) is 36.3 Å². The Kier molecular flexibility index (Phi) is 16.9. The van der Waals surface area contributed by atoms with Crippen molar-refractivity contribution in [1.29, 1.82) is 0 Å². The minimum absolute atomic E-state index is 0. The van der Waals surface area contributed by atoms with E-state index in [0.717, 1.165) is 33.8 Å². The van der Waals surface area contributed by atoms with Crippen molar-refractivity contribution in [2.45, 2.75) is 36.9 Å². The van der Waals surface area contributed by atoms with Crippen LogP contribution in [0.15, 0.2) is 158 Å². The number of nitrogens with zero attached hydrogens (tertiary/aromatic N) is 3. The van der Waals surface area contributed by atoms with Crippen molar-refractivity contribution >= 4 is 30.9 Å². The zero-order valence-electron chi connectivity index (χ0n) is 30.5. The largest absolute Gasteiger partial charge is 0.305 e. The van der Waals surface area contributed by atoms with Gasteiger partial charge in [-0.3, -0.25) is 0 Å². The Balaban J connectivity index is 0.000000216. The maximum Gasteiger partial charge on any atom is 0.0160 e. The SMILES string of the molecule is C[Si](C)(C)c1ccc(-c2[c-]ccc(-c3ccccc3)c2)nc1.[CH3][Ge]([CH3])([CH3])[c]1ccc(-c2[c-]cccc2)nc1.[Ir].[Ir].[c-]1ccccc1-c1ccccn1. The van der Waals surface area contributed by atoms with Crippen LogP contribution in [0.25, 0.3) is 44.9 Å². The van der Waals surface area contributed by atoms with Crippen LogP contribution in [0.2, 0.25) is 36.9 Å². The molecule has 0 unspecified atom stereocenters. The fraction of sp³-hybridized carbons (Fsp3) is 0.133. The molecular weight excluding hydrogens is 1070 g/mol. The minimum Gasteiger partial charge on any atom is -0.305 e. The number of rotatable bonds is 6. The Morgan fingerprint density at radius 3 is 1.54 bits per heavy atom. The van der Waals surface area contributed by atoms with Crippen molar-refractivity contribution in [3.8, 4) is 44.9 Å². The Morgan fingerprint density at radius 1 is 0.481 bits per heavy atom. The summed E-state index contributed by atoms with van der Waals surface area (Å²) in [6.07, 6.45) is 5.86. The first-order chi connectivity index (χ1) is 24.1. The quantitative estimate of drug-likeness (QED) is 0.123. The van der Waals surface area contributed by atoms with E-state index in [4.69, 9.17) is 0 Å². The summed E-state index contributed by atoms with van der Waals surface area (Å²) >= 11 is -1.72. The summed E-state index contributed by atoms with van der Waals surface area (Å²) in [7, 11) is -1.29. The van der Waals surface area contributed by atoms with Crippen LogP contribution in [0.3, 0.4) is 0 Å². The predicted molar refractivity (Wildman–Crippen MR) is 217 cm³/mol. The first-order valence-electron chi connectivity index (χ1n) is 16.9. The zero-order valence-corrected chi connectivity index (χ0v) is 38.4. The predicted octanol–water partition coefficient (Wildman–Crippen LogP) is 10.4. The van der Waals surface area contributed by atoms with Crippen LogP contribution in [0.1, 0.15) is 0 Å². The Hall–Kier alpha value is -3.61. The van der Waals surface area contributed by atoms with Gasteiger partial charge in [0.15, 0.2) is 0 Å². The minimum atomic E-state index is -1.72. The molecule has 3 nitrogen and oxygen atoms in total. The van der Waals surface area contributed by atoms with Crippen LogP contribution < -0.4 is 9.58 Å². The van der Waals surface area contributed by atoms with Crippen LogP contribution in [0, 0.1) is 18.2 Å². The standard InChI is InChI=1S/C20H20NSi.C14H16GeN.C11H8N.2Ir/c1-22(2,3)19-12-13-20(21-15-19)18-11-7-10-17(14-18)16-8-5-4-6-9-16;1-15(2,3)13-9-10-14(16-11-13)12-7-5-4-6-8-12;1-2-6-10(7-3-1)11-8-4-5-9-12-11;;/h4-10,12-15H,1-3H3;4-7,9-11H,1-3H3;1-6,8-9H;;/q3*-1;;. The van der Waals surface area contributed by atoms with Crippen LogP contribution in [-0.2, 0) is 40.2 Å². The van der Waals surface area contributed by atoms with Gasteiger partial charge in [-0.2, -0.15) is 0 Å². The summed E-state index contributed by atoms with van der Waals surface area (Å²) in [6.45, 7) is 7.02. The van der Waals surface area contributed by atoms with Crippen molar-refractivity contribution in [1.82, 2.24) is 15.0 Å². The van der Waals surface area contributed by atoms with Crippen LogP contribution >= 0.6 is 0 Å². The summed E-state index contributed by atoms with van der Waals surface area (Å²) in [4.78, 5) is 13.4. The summed E-state index contributed by atoms with van der Waals surface area (Å²) < 4.78 is 1.44. The van der Waals surface area contributed by atoms with Gasteiger partial charge in [-0.25, -0.2) is 0 Å². The van der Waals surface area contributed by atoms with Gasteiger partial charge in [-0.15, -0.1) is 71.3 Å². The molecule has 0 aliphatic heterocycles. The average molecular weight is 1110 g/mol. The van der Waals surface area contributed by atoms with Crippen molar-refractivity contribution < 1.29 is 40.2 Å². The van der Waals surface area contributed by atoms with E-state index >= 15 is 0 Å². The smallest absolute Gasteiger partial charge is 0.0160 e. The van der Waals surface area contributed by atoms with Gasteiger partial charge in [0.1, 0.15) is 0 Å². The molecule has 0 spiro atoms. The van der Waals surface area contributed by atoms with Crippen molar-refractivity contribution in [2.24, 2.45) is 0 Å². The number of hydrogen-bond donors (Lipinski definition) is 0. The summed E-state index contributed by atoms with van der Waals surface area (Å²) in [5, 5.41) is 1.38. The maximum absolute atomic E-state index is 4.65. The van der Waals surface area contributed by atoms with Crippen LogP contribution in [0.5, 0.6) is 0 Å². The molecule has 7 heteroatoms. The van der Waals surface area contributed by atoms with Crippen molar-refractivity contribution in [2.75, 3.05) is 0 Å². The Morgan fingerprint density at radius 2 is 1.04 bits per heavy atom. The molecule has 7 aromatic rings. The molecule has 4 aromatic carbocycles. The van der Waals surface area contributed by atoms with Gasteiger partial charge in [0.05, 0.1) is 8.07 Å². The number of hydrogen-bond acceptors (Lipinski definition) is 3. The second-order valence-corrected chi connectivity index (χ2v) is 29.7. The van der Waals surface area contributed by atoms with Gasteiger partial charge < -0.3 is 9.97 Å². The molecule has 0 saturated carbocycles. The first-order valence-corrected chi connectivity index (χ1v) is 27.8. The van der Waals surface area contributed by atoms with Crippen molar-refractivity contribution in [3.05, 3.63) is 176 Å². The average Bonchev–Trinajstić information content (AvgIpc) is 3.16. The number of pyridine rings is 3. The summed E-state index contributed by atoms with van der Waals surface area (Å²) in [5.74, 6) is 7.14. The molecule has 268 valence electrons. The molecule has 0 N–H and O–H groups in total. The molecule has 0 aliphatic rings. The van der Waals surface area contributed by atoms with Crippen LogP contribution in [0.4, 0.5) is 0 Å². The topological polar surface area (TPSA) is 38.7 Å². The van der Waals surface area contributed by atoms with Gasteiger partial charge in [-0.1, -0.05) is 74.2 Å². The van der Waals surface area contributed by atoms with Crippen molar-refractivity contribution in [3.63, 3.8) is 0 Å². The fourth-order valence-corrected chi connectivity index (χ4v) is 8.25. The third kappa shape index (κ3) is 12.8. The van der Waals surface area contributed by atoms with E-state index in [1.54, 1.807) is 6.20 Å². The molecule has 0 amide bonds. The molecule has 7 rings (SSSR count). The molecule has 0 aliphatic carbocycles. The Bertz CT molecular complexity index is 2000. The van der Waals surface area contributed by atoms with E-state index in [0.29, 0.717) is 0 Å². The maximum atomic E-state index is 4.65. The molecule has 0 fully saturated rings.